The minimum atomic E-state index is -1.58. The predicted octanol–water partition coefficient (Wildman–Crippen LogP) is 4.50. The molecule has 0 bridgehead atoms. The zero-order valence-corrected chi connectivity index (χ0v) is 12.5. The van der Waals surface area contributed by atoms with E-state index >= 15 is 0 Å². The van der Waals surface area contributed by atoms with Gasteiger partial charge < -0.3 is 4.90 Å². The van der Waals surface area contributed by atoms with Gasteiger partial charge in [-0.15, -0.1) is 0 Å². The molecule has 0 aliphatic carbocycles. The summed E-state index contributed by atoms with van der Waals surface area (Å²) in [5.41, 5.74) is 1.39. The molecule has 0 heterocycles. The molecule has 0 fully saturated rings. The quantitative estimate of drug-likeness (QED) is 0.764. The van der Waals surface area contributed by atoms with Crippen molar-refractivity contribution in [3.05, 3.63) is 65.0 Å². The summed E-state index contributed by atoms with van der Waals surface area (Å²) in [7, 11) is 1.50. The maximum Gasteiger partial charge on any atom is 0.258 e. The van der Waals surface area contributed by atoms with Gasteiger partial charge in [-0.1, -0.05) is 26.0 Å². The van der Waals surface area contributed by atoms with Gasteiger partial charge in [-0.2, -0.15) is 0 Å². The van der Waals surface area contributed by atoms with Crippen LogP contribution in [0.1, 0.15) is 35.7 Å². The summed E-state index contributed by atoms with van der Waals surface area (Å²) in [6.45, 7) is 4.04. The van der Waals surface area contributed by atoms with Crippen LogP contribution in [0.25, 0.3) is 0 Å². The number of carbonyl (C=O) groups excluding carboxylic acids is 1. The Morgan fingerprint density at radius 2 is 1.64 bits per heavy atom. The third kappa shape index (κ3) is 3.13. The van der Waals surface area contributed by atoms with Crippen LogP contribution >= 0.6 is 0 Å². The van der Waals surface area contributed by atoms with Crippen molar-refractivity contribution >= 4 is 11.6 Å². The van der Waals surface area contributed by atoms with Crippen LogP contribution in [0.4, 0.5) is 18.9 Å². The summed E-state index contributed by atoms with van der Waals surface area (Å²) in [6.07, 6.45) is 0. The first kappa shape index (κ1) is 16.1. The van der Waals surface area contributed by atoms with Crippen molar-refractivity contribution in [1.29, 1.82) is 0 Å². The fourth-order valence-electron chi connectivity index (χ4n) is 2.08. The zero-order valence-electron chi connectivity index (χ0n) is 12.5. The van der Waals surface area contributed by atoms with Gasteiger partial charge in [0.2, 0.25) is 0 Å². The monoisotopic (exact) mass is 307 g/mol. The van der Waals surface area contributed by atoms with Crippen LogP contribution in [0.3, 0.4) is 0 Å². The standard InChI is InChI=1S/C17H16F3NO/c1-10(2)11-5-4-6-13(7-11)21(3)17(22)12-8-14(18)16(20)15(19)9-12/h4-10H,1-3H3. The number of benzene rings is 2. The zero-order chi connectivity index (χ0) is 16.4. The highest BCUT2D eigenvalue weighted by Crippen LogP contribution is 2.23. The van der Waals surface area contributed by atoms with Gasteiger partial charge in [0.25, 0.3) is 5.91 Å². The van der Waals surface area contributed by atoms with E-state index in [1.807, 2.05) is 26.0 Å². The highest BCUT2D eigenvalue weighted by Gasteiger charge is 2.19. The normalized spacial score (nSPS) is 10.9. The SMILES string of the molecule is CC(C)c1cccc(N(C)C(=O)c2cc(F)c(F)c(F)c2)c1. The van der Waals surface area contributed by atoms with Crippen molar-refractivity contribution in [2.24, 2.45) is 0 Å². The molecule has 0 aromatic heterocycles. The van der Waals surface area contributed by atoms with Crippen molar-refractivity contribution < 1.29 is 18.0 Å². The largest absolute Gasteiger partial charge is 0.311 e. The Bertz CT molecular complexity index is 690. The first-order valence-corrected chi connectivity index (χ1v) is 6.83. The Hall–Kier alpha value is -2.30. The summed E-state index contributed by atoms with van der Waals surface area (Å²) in [5, 5.41) is 0. The first-order chi connectivity index (χ1) is 10.3. The van der Waals surface area contributed by atoms with Gasteiger partial charge >= 0.3 is 0 Å². The Labute approximate surface area is 127 Å². The molecule has 2 nitrogen and oxygen atoms in total. The molecule has 2 aromatic carbocycles. The van der Waals surface area contributed by atoms with Gasteiger partial charge in [0, 0.05) is 18.3 Å². The lowest BCUT2D eigenvalue weighted by Crippen LogP contribution is -2.26. The van der Waals surface area contributed by atoms with E-state index in [4.69, 9.17) is 0 Å². The molecule has 0 saturated heterocycles. The van der Waals surface area contributed by atoms with E-state index in [1.54, 1.807) is 12.1 Å². The molecule has 116 valence electrons. The Kier molecular flexibility index (Phi) is 4.54. The van der Waals surface area contributed by atoms with Gasteiger partial charge in [-0.05, 0) is 35.7 Å². The van der Waals surface area contributed by atoms with E-state index in [2.05, 4.69) is 0 Å². The molecule has 0 unspecified atom stereocenters. The third-order valence-electron chi connectivity index (χ3n) is 3.46. The number of nitrogens with zero attached hydrogens (tertiary/aromatic N) is 1. The number of carbonyl (C=O) groups is 1. The Balaban J connectivity index is 2.35. The van der Waals surface area contributed by atoms with Gasteiger partial charge in [-0.3, -0.25) is 4.79 Å². The Morgan fingerprint density at radius 3 is 2.18 bits per heavy atom. The number of anilines is 1. The number of halogens is 3. The lowest BCUT2D eigenvalue weighted by Gasteiger charge is -2.19. The maximum atomic E-state index is 13.3. The van der Waals surface area contributed by atoms with Crippen molar-refractivity contribution in [2.75, 3.05) is 11.9 Å². The lowest BCUT2D eigenvalue weighted by molar-refractivity contribution is 0.0992. The number of amides is 1. The maximum absolute atomic E-state index is 13.3. The van der Waals surface area contributed by atoms with Crippen LogP contribution in [-0.2, 0) is 0 Å². The van der Waals surface area contributed by atoms with Crippen molar-refractivity contribution in [2.45, 2.75) is 19.8 Å². The fourth-order valence-corrected chi connectivity index (χ4v) is 2.08. The van der Waals surface area contributed by atoms with E-state index in [9.17, 15) is 18.0 Å². The molecule has 0 saturated carbocycles. The minimum absolute atomic E-state index is 0.242. The molecule has 1 amide bonds. The van der Waals surface area contributed by atoms with Crippen LogP contribution in [0.5, 0.6) is 0 Å². The van der Waals surface area contributed by atoms with Crippen molar-refractivity contribution in [3.63, 3.8) is 0 Å². The molecule has 22 heavy (non-hydrogen) atoms. The molecule has 2 aromatic rings. The van der Waals surface area contributed by atoms with Crippen LogP contribution in [0.15, 0.2) is 36.4 Å². The van der Waals surface area contributed by atoms with E-state index in [1.165, 1.54) is 11.9 Å². The van der Waals surface area contributed by atoms with Crippen LogP contribution in [0.2, 0.25) is 0 Å². The molecule has 0 radical (unpaired) electrons. The molecule has 0 aliphatic heterocycles. The number of rotatable bonds is 3. The summed E-state index contributed by atoms with van der Waals surface area (Å²) in [5.74, 6) is -4.68. The molecule has 0 spiro atoms. The molecule has 0 atom stereocenters. The second-order valence-electron chi connectivity index (χ2n) is 5.37. The van der Waals surface area contributed by atoms with Gasteiger partial charge in [0.15, 0.2) is 17.5 Å². The third-order valence-corrected chi connectivity index (χ3v) is 3.46. The molecular weight excluding hydrogens is 291 g/mol. The van der Waals surface area contributed by atoms with E-state index in [0.717, 1.165) is 5.56 Å². The summed E-state index contributed by atoms with van der Waals surface area (Å²) < 4.78 is 39.5. The summed E-state index contributed by atoms with van der Waals surface area (Å²) in [6, 6.07) is 8.69. The highest BCUT2D eigenvalue weighted by molar-refractivity contribution is 6.05. The highest BCUT2D eigenvalue weighted by atomic mass is 19.2. The van der Waals surface area contributed by atoms with Crippen molar-refractivity contribution in [3.8, 4) is 0 Å². The molecule has 2 rings (SSSR count). The predicted molar refractivity (Wildman–Crippen MR) is 79.6 cm³/mol. The molecule has 5 heteroatoms. The van der Waals surface area contributed by atoms with Crippen LogP contribution in [0, 0.1) is 17.5 Å². The lowest BCUT2D eigenvalue weighted by atomic mass is 10.0. The van der Waals surface area contributed by atoms with Gasteiger partial charge in [0.1, 0.15) is 0 Å². The topological polar surface area (TPSA) is 20.3 Å². The van der Waals surface area contributed by atoms with Crippen LogP contribution in [-0.4, -0.2) is 13.0 Å². The molecular formula is C17H16F3NO. The average Bonchev–Trinajstić information content (AvgIpc) is 2.50. The first-order valence-electron chi connectivity index (χ1n) is 6.83. The smallest absolute Gasteiger partial charge is 0.258 e. The van der Waals surface area contributed by atoms with E-state index < -0.39 is 23.4 Å². The number of hydrogen-bond acceptors (Lipinski definition) is 1. The fraction of sp³-hybridized carbons (Fsp3) is 0.235. The minimum Gasteiger partial charge on any atom is -0.311 e. The number of hydrogen-bond donors (Lipinski definition) is 0. The average molecular weight is 307 g/mol. The molecule has 0 N–H and O–H groups in total. The van der Waals surface area contributed by atoms with Gasteiger partial charge in [-0.25, -0.2) is 13.2 Å². The second-order valence-corrected chi connectivity index (χ2v) is 5.37. The second kappa shape index (κ2) is 6.22. The summed E-state index contributed by atoms with van der Waals surface area (Å²) in [4.78, 5) is 13.6. The van der Waals surface area contributed by atoms with Gasteiger partial charge in [0.05, 0.1) is 0 Å². The Morgan fingerprint density at radius 1 is 1.05 bits per heavy atom. The summed E-state index contributed by atoms with van der Waals surface area (Å²) >= 11 is 0. The van der Waals surface area contributed by atoms with Crippen LogP contribution < -0.4 is 4.90 Å². The van der Waals surface area contributed by atoms with E-state index in [0.29, 0.717) is 17.8 Å². The van der Waals surface area contributed by atoms with E-state index in [-0.39, 0.29) is 11.5 Å². The van der Waals surface area contributed by atoms with Crippen molar-refractivity contribution in [1.82, 2.24) is 0 Å². The molecule has 0 aliphatic rings.